The fourth-order valence-electron chi connectivity index (χ4n) is 5.83. The molecule has 1 N–H and O–H groups in total. The monoisotopic (exact) mass is 581 g/mol. The molecule has 42 heavy (non-hydrogen) atoms. The SMILES string of the molecule is C=C(C)SC(C(=C)/C=C\c1cc(-c2c(C3CCCCCC3)cc(-c3cnc(C=O)[nH]3)n2CC(C)=O)ccc1C)=C(C)C. The van der Waals surface area contributed by atoms with Crippen molar-refractivity contribution in [3.8, 4) is 22.6 Å². The quantitative estimate of drug-likeness (QED) is 0.139. The lowest BCUT2D eigenvalue weighted by atomic mass is 9.89. The number of nitrogens with zero attached hydrogens (tertiary/aromatic N) is 2. The Morgan fingerprint density at radius 1 is 1.10 bits per heavy atom. The van der Waals surface area contributed by atoms with E-state index in [4.69, 9.17) is 0 Å². The Morgan fingerprint density at radius 2 is 1.81 bits per heavy atom. The zero-order chi connectivity index (χ0) is 30.4. The number of carbonyl (C=O) groups is 2. The number of allylic oxidation sites excluding steroid dienone is 4. The van der Waals surface area contributed by atoms with Gasteiger partial charge in [-0.2, -0.15) is 0 Å². The lowest BCUT2D eigenvalue weighted by Crippen LogP contribution is -2.10. The Bertz CT molecular complexity index is 1550. The van der Waals surface area contributed by atoms with E-state index in [0.717, 1.165) is 62.7 Å². The van der Waals surface area contributed by atoms with Gasteiger partial charge in [0.1, 0.15) is 5.78 Å². The standard InChI is InChI=1S/C36H43N3O2S/c1-23(2)36(42-24(3)4)26(6)15-16-29-18-30(17-14-25(29)5)35-31(28-12-10-8-9-11-13-28)19-33(39(35)21-27(7)41)32-20-37-34(22-40)38-32/h14-20,22,28H,3,6,8-13,21H2,1-2,4-5,7H3,(H,37,38)/b16-15-. The van der Waals surface area contributed by atoms with E-state index < -0.39 is 0 Å². The predicted molar refractivity (Wildman–Crippen MR) is 178 cm³/mol. The number of aromatic nitrogens is 3. The molecule has 1 saturated carbocycles. The van der Waals surface area contributed by atoms with Crippen molar-refractivity contribution in [3.63, 3.8) is 0 Å². The number of imidazole rings is 1. The number of H-pyrrole nitrogens is 1. The van der Waals surface area contributed by atoms with Gasteiger partial charge < -0.3 is 9.55 Å². The van der Waals surface area contributed by atoms with Crippen LogP contribution in [-0.4, -0.2) is 26.6 Å². The Labute approximate surface area is 254 Å². The Kier molecular flexibility index (Phi) is 10.4. The molecule has 1 aromatic carbocycles. The van der Waals surface area contributed by atoms with E-state index in [0.29, 0.717) is 5.92 Å². The van der Waals surface area contributed by atoms with Crippen LogP contribution in [0.3, 0.4) is 0 Å². The number of carbonyl (C=O) groups excluding carboxylic acids is 2. The maximum Gasteiger partial charge on any atom is 0.185 e. The molecule has 220 valence electrons. The van der Waals surface area contributed by atoms with E-state index >= 15 is 0 Å². The van der Waals surface area contributed by atoms with E-state index in [1.54, 1.807) is 24.9 Å². The van der Waals surface area contributed by atoms with Crippen molar-refractivity contribution in [3.05, 3.63) is 93.2 Å². The van der Waals surface area contributed by atoms with Crippen molar-refractivity contribution >= 4 is 29.9 Å². The molecule has 0 saturated heterocycles. The molecule has 0 amide bonds. The molecule has 2 aromatic heterocycles. The summed E-state index contributed by atoms with van der Waals surface area (Å²) in [5.74, 6) is 0.757. The molecule has 1 fully saturated rings. The van der Waals surface area contributed by atoms with Gasteiger partial charge >= 0.3 is 0 Å². The van der Waals surface area contributed by atoms with Crippen LogP contribution in [0.25, 0.3) is 28.7 Å². The Balaban J connectivity index is 1.87. The summed E-state index contributed by atoms with van der Waals surface area (Å²) < 4.78 is 2.12. The van der Waals surface area contributed by atoms with Gasteiger partial charge in [0.15, 0.2) is 12.1 Å². The van der Waals surface area contributed by atoms with Crippen molar-refractivity contribution in [1.82, 2.24) is 14.5 Å². The first kappa shape index (κ1) is 31.3. The summed E-state index contributed by atoms with van der Waals surface area (Å²) in [6.07, 6.45) is 13.8. The van der Waals surface area contributed by atoms with Crippen LogP contribution in [0.4, 0.5) is 0 Å². The first-order valence-corrected chi connectivity index (χ1v) is 15.6. The summed E-state index contributed by atoms with van der Waals surface area (Å²) in [5, 5.41) is 0. The zero-order valence-electron chi connectivity index (χ0n) is 25.7. The number of aromatic amines is 1. The molecule has 1 aliphatic rings. The predicted octanol–water partition coefficient (Wildman–Crippen LogP) is 9.82. The van der Waals surface area contributed by atoms with Crippen LogP contribution in [-0.2, 0) is 11.3 Å². The second-order valence-electron chi connectivity index (χ2n) is 11.7. The van der Waals surface area contributed by atoms with E-state index in [9.17, 15) is 9.59 Å². The number of hydrogen-bond acceptors (Lipinski definition) is 4. The van der Waals surface area contributed by atoms with E-state index in [1.807, 2.05) is 6.92 Å². The van der Waals surface area contributed by atoms with Gasteiger partial charge in [-0.25, -0.2) is 4.98 Å². The van der Waals surface area contributed by atoms with Gasteiger partial charge in [0.2, 0.25) is 0 Å². The average Bonchev–Trinajstić information content (AvgIpc) is 3.46. The average molecular weight is 582 g/mol. The number of benzene rings is 1. The van der Waals surface area contributed by atoms with Crippen LogP contribution in [0.5, 0.6) is 0 Å². The molecule has 0 radical (unpaired) electrons. The van der Waals surface area contributed by atoms with E-state index in [1.165, 1.54) is 42.4 Å². The zero-order valence-corrected chi connectivity index (χ0v) is 26.5. The third-order valence-electron chi connectivity index (χ3n) is 7.82. The first-order chi connectivity index (χ1) is 20.1. The summed E-state index contributed by atoms with van der Waals surface area (Å²) in [6, 6.07) is 8.78. The minimum atomic E-state index is 0.0726. The summed E-state index contributed by atoms with van der Waals surface area (Å²) in [7, 11) is 0. The van der Waals surface area contributed by atoms with Crippen LogP contribution in [0.2, 0.25) is 0 Å². The number of aldehydes is 1. The van der Waals surface area contributed by atoms with Crippen molar-refractivity contribution in [1.29, 1.82) is 0 Å². The van der Waals surface area contributed by atoms with Crippen LogP contribution < -0.4 is 0 Å². The largest absolute Gasteiger partial charge is 0.335 e. The summed E-state index contributed by atoms with van der Waals surface area (Å²) >= 11 is 1.66. The fraction of sp³-hybridized carbons (Fsp3) is 0.361. The number of thioether (sulfide) groups is 1. The molecule has 0 aliphatic heterocycles. The Hall–Kier alpha value is -3.64. The van der Waals surface area contributed by atoms with Gasteiger partial charge in [0, 0.05) is 4.91 Å². The number of hydrogen-bond donors (Lipinski definition) is 1. The van der Waals surface area contributed by atoms with Crippen LogP contribution in [0.15, 0.2) is 70.7 Å². The summed E-state index contributed by atoms with van der Waals surface area (Å²) in [5.41, 5.74) is 9.49. The lowest BCUT2D eigenvalue weighted by molar-refractivity contribution is -0.117. The van der Waals surface area contributed by atoms with Gasteiger partial charge in [-0.15, -0.1) is 0 Å². The molecule has 0 spiro atoms. The molecule has 0 unspecified atom stereocenters. The van der Waals surface area contributed by atoms with Crippen molar-refractivity contribution in [2.75, 3.05) is 0 Å². The third-order valence-corrected chi connectivity index (χ3v) is 9.05. The molecule has 2 heterocycles. The minimum absolute atomic E-state index is 0.0726. The first-order valence-electron chi connectivity index (χ1n) is 14.8. The lowest BCUT2D eigenvalue weighted by Gasteiger charge is -2.19. The van der Waals surface area contributed by atoms with Crippen LogP contribution in [0.1, 0.15) is 99.4 Å². The third kappa shape index (κ3) is 7.40. The summed E-state index contributed by atoms with van der Waals surface area (Å²) in [6.45, 7) is 18.6. The van der Waals surface area contributed by atoms with Crippen LogP contribution >= 0.6 is 11.8 Å². The minimum Gasteiger partial charge on any atom is -0.335 e. The van der Waals surface area contributed by atoms with E-state index in [-0.39, 0.29) is 18.2 Å². The second kappa shape index (κ2) is 14.0. The number of aryl methyl sites for hydroxylation is 1. The molecule has 5 nitrogen and oxygen atoms in total. The number of rotatable bonds is 11. The molecule has 0 atom stereocenters. The number of Topliss-reactive ketones (excluding diaryl/α,β-unsaturated/α-hetero) is 1. The fourth-order valence-corrected chi connectivity index (χ4v) is 6.58. The van der Waals surface area contributed by atoms with Crippen molar-refractivity contribution in [2.45, 2.75) is 85.6 Å². The number of ketones is 1. The highest BCUT2D eigenvalue weighted by Gasteiger charge is 2.26. The smallest absolute Gasteiger partial charge is 0.185 e. The van der Waals surface area contributed by atoms with Gasteiger partial charge in [-0.3, -0.25) is 9.59 Å². The maximum atomic E-state index is 12.6. The molecule has 3 aromatic rings. The van der Waals surface area contributed by atoms with Gasteiger partial charge in [0.25, 0.3) is 0 Å². The molecule has 6 heteroatoms. The van der Waals surface area contributed by atoms with E-state index in [2.05, 4.69) is 84.9 Å². The van der Waals surface area contributed by atoms with Crippen molar-refractivity contribution in [2.24, 2.45) is 0 Å². The van der Waals surface area contributed by atoms with Gasteiger partial charge in [-0.05, 0) is 98.2 Å². The molecular weight excluding hydrogens is 538 g/mol. The topological polar surface area (TPSA) is 67.8 Å². The highest BCUT2D eigenvalue weighted by molar-refractivity contribution is 8.06. The normalized spacial score (nSPS) is 14.1. The van der Waals surface area contributed by atoms with Gasteiger partial charge in [0.05, 0.1) is 29.8 Å². The maximum absolute atomic E-state index is 12.6. The number of nitrogens with one attached hydrogen (secondary N) is 1. The second-order valence-corrected chi connectivity index (χ2v) is 13.0. The summed E-state index contributed by atoms with van der Waals surface area (Å²) in [4.78, 5) is 33.6. The molecule has 0 bridgehead atoms. The van der Waals surface area contributed by atoms with Crippen molar-refractivity contribution < 1.29 is 9.59 Å². The molecule has 1 aliphatic carbocycles. The highest BCUT2D eigenvalue weighted by atomic mass is 32.2. The molecule has 4 rings (SSSR count). The van der Waals surface area contributed by atoms with Crippen LogP contribution in [0, 0.1) is 6.92 Å². The Morgan fingerprint density at radius 3 is 2.40 bits per heavy atom. The highest BCUT2D eigenvalue weighted by Crippen LogP contribution is 2.42. The molecular formula is C36H43N3O2S. The van der Waals surface area contributed by atoms with Gasteiger partial charge in [-0.1, -0.05) is 80.5 Å².